The van der Waals surface area contributed by atoms with Crippen LogP contribution in [0.15, 0.2) is 48.7 Å². The smallest absolute Gasteiger partial charge is 0.340 e. The molecular weight excluding hydrogens is 408 g/mol. The van der Waals surface area contributed by atoms with Crippen LogP contribution in [-0.4, -0.2) is 50.9 Å². The van der Waals surface area contributed by atoms with Crippen LogP contribution in [0.3, 0.4) is 0 Å². The summed E-state index contributed by atoms with van der Waals surface area (Å²) >= 11 is 0. The van der Waals surface area contributed by atoms with Gasteiger partial charge in [-0.3, -0.25) is 13.7 Å². The number of aryl methyl sites for hydroxylation is 1. The Morgan fingerprint density at radius 1 is 1.17 bits per heavy atom. The average molecular weight is 428 g/mol. The maximum atomic E-state index is 13.4. The lowest BCUT2D eigenvalue weighted by Crippen LogP contribution is -2.48. The van der Waals surface area contributed by atoms with E-state index in [1.807, 2.05) is 6.92 Å². The largest absolute Gasteiger partial charge is 0.476 e. The number of nitrogens with zero attached hydrogens (tertiary/aromatic N) is 2. The standard InChI is InChI=1S/C21H20N2O6S/c1-13-8-9-18-17(10-13)23(30(3,26)27)12-19(29-18)20(24)22-11-15(21(25)28-2)14-6-4-5-7-16(14)22/h4-11,19H,12H2,1-3H3/t19-/m1/s1. The van der Waals surface area contributed by atoms with E-state index in [9.17, 15) is 18.0 Å². The van der Waals surface area contributed by atoms with Crippen LogP contribution in [0.4, 0.5) is 5.69 Å². The second kappa shape index (κ2) is 7.17. The summed E-state index contributed by atoms with van der Waals surface area (Å²) in [5.74, 6) is -0.748. The molecule has 1 aliphatic heterocycles. The SMILES string of the molecule is COC(=O)c1cn(C(=O)[C@H]2CN(S(C)(=O)=O)c3cc(C)ccc3O2)c2ccccc12. The molecule has 0 radical (unpaired) electrons. The lowest BCUT2D eigenvalue weighted by Gasteiger charge is -2.34. The van der Waals surface area contributed by atoms with E-state index >= 15 is 0 Å². The molecule has 0 unspecified atom stereocenters. The maximum absolute atomic E-state index is 13.4. The first-order valence-corrected chi connectivity index (χ1v) is 11.0. The van der Waals surface area contributed by atoms with Crippen LogP contribution in [-0.2, 0) is 14.8 Å². The van der Waals surface area contributed by atoms with Crippen molar-refractivity contribution >= 4 is 38.5 Å². The first-order valence-electron chi connectivity index (χ1n) is 9.18. The zero-order valence-electron chi connectivity index (χ0n) is 16.7. The Kier molecular flexibility index (Phi) is 4.77. The fourth-order valence-corrected chi connectivity index (χ4v) is 4.50. The van der Waals surface area contributed by atoms with Crippen molar-refractivity contribution in [3.05, 3.63) is 59.8 Å². The highest BCUT2D eigenvalue weighted by Crippen LogP contribution is 2.36. The molecule has 30 heavy (non-hydrogen) atoms. The molecule has 4 rings (SSSR count). The van der Waals surface area contributed by atoms with Gasteiger partial charge in [0.25, 0.3) is 5.91 Å². The predicted octanol–water partition coefficient (Wildman–Crippen LogP) is 2.60. The van der Waals surface area contributed by atoms with Gasteiger partial charge in [0.05, 0.1) is 36.7 Å². The molecule has 9 heteroatoms. The van der Waals surface area contributed by atoms with Crippen LogP contribution in [0.1, 0.15) is 20.7 Å². The fourth-order valence-electron chi connectivity index (χ4n) is 3.59. The van der Waals surface area contributed by atoms with Crippen LogP contribution in [0.25, 0.3) is 10.9 Å². The van der Waals surface area contributed by atoms with Crippen LogP contribution < -0.4 is 9.04 Å². The first-order chi connectivity index (χ1) is 14.2. The van der Waals surface area contributed by atoms with E-state index in [-0.39, 0.29) is 12.1 Å². The lowest BCUT2D eigenvalue weighted by atomic mass is 10.1. The molecule has 0 saturated heterocycles. The molecule has 0 spiro atoms. The number of rotatable bonds is 3. The normalized spacial score (nSPS) is 16.1. The second-order valence-corrected chi connectivity index (χ2v) is 9.04. The summed E-state index contributed by atoms with van der Waals surface area (Å²) in [5.41, 5.74) is 2.02. The van der Waals surface area contributed by atoms with Crippen LogP contribution in [0, 0.1) is 6.92 Å². The molecule has 0 aliphatic carbocycles. The molecule has 0 N–H and O–H groups in total. The van der Waals surface area contributed by atoms with Crippen molar-refractivity contribution < 1.29 is 27.5 Å². The minimum absolute atomic E-state index is 0.172. The molecule has 2 heterocycles. The zero-order valence-corrected chi connectivity index (χ0v) is 17.5. The fraction of sp³-hybridized carbons (Fsp3) is 0.238. The molecule has 8 nitrogen and oxygen atoms in total. The van der Waals surface area contributed by atoms with Crippen LogP contribution >= 0.6 is 0 Å². The summed E-state index contributed by atoms with van der Waals surface area (Å²) < 4.78 is 38.0. The summed E-state index contributed by atoms with van der Waals surface area (Å²) in [5, 5.41) is 0.560. The summed E-state index contributed by atoms with van der Waals surface area (Å²) in [6.45, 7) is 1.67. The van der Waals surface area contributed by atoms with Gasteiger partial charge in [0.15, 0.2) is 6.10 Å². The number of sulfonamides is 1. The topological polar surface area (TPSA) is 94.9 Å². The number of hydrogen-bond donors (Lipinski definition) is 0. The molecule has 1 aromatic heterocycles. The highest BCUT2D eigenvalue weighted by atomic mass is 32.2. The van der Waals surface area contributed by atoms with Crippen molar-refractivity contribution in [2.45, 2.75) is 13.0 Å². The van der Waals surface area contributed by atoms with Crippen molar-refractivity contribution in [3.8, 4) is 5.75 Å². The summed E-state index contributed by atoms with van der Waals surface area (Å²) in [6.07, 6.45) is 1.40. The highest BCUT2D eigenvalue weighted by molar-refractivity contribution is 7.92. The Morgan fingerprint density at radius 3 is 2.60 bits per heavy atom. The van der Waals surface area contributed by atoms with Crippen molar-refractivity contribution in [1.29, 1.82) is 0 Å². The quantitative estimate of drug-likeness (QED) is 0.595. The summed E-state index contributed by atoms with van der Waals surface area (Å²) in [7, 11) is -2.37. The number of ether oxygens (including phenoxy) is 2. The molecule has 0 saturated carbocycles. The maximum Gasteiger partial charge on any atom is 0.340 e. The molecule has 156 valence electrons. The van der Waals surface area contributed by atoms with Crippen LogP contribution in [0.2, 0.25) is 0 Å². The number of hydrogen-bond acceptors (Lipinski definition) is 6. The molecule has 0 amide bonds. The van der Waals surface area contributed by atoms with Crippen molar-refractivity contribution in [3.63, 3.8) is 0 Å². The zero-order chi connectivity index (χ0) is 21.6. The van der Waals surface area contributed by atoms with Gasteiger partial charge in [-0.1, -0.05) is 24.3 Å². The Hall–Kier alpha value is -3.33. The molecule has 2 aromatic carbocycles. The van der Waals surface area contributed by atoms with Gasteiger partial charge in [0.1, 0.15) is 5.75 Å². The van der Waals surface area contributed by atoms with Gasteiger partial charge in [-0.2, -0.15) is 0 Å². The second-order valence-electron chi connectivity index (χ2n) is 7.13. The van der Waals surface area contributed by atoms with Gasteiger partial charge >= 0.3 is 5.97 Å². The van der Waals surface area contributed by atoms with E-state index in [2.05, 4.69) is 0 Å². The average Bonchev–Trinajstić information content (AvgIpc) is 3.11. The number of benzene rings is 2. The summed E-state index contributed by atoms with van der Waals surface area (Å²) in [6, 6.07) is 12.1. The minimum Gasteiger partial charge on any atom is -0.476 e. The molecular formula is C21H20N2O6S. The molecule has 1 aliphatic rings. The summed E-state index contributed by atoms with van der Waals surface area (Å²) in [4.78, 5) is 25.5. The number of aromatic nitrogens is 1. The Morgan fingerprint density at radius 2 is 1.90 bits per heavy atom. The highest BCUT2D eigenvalue weighted by Gasteiger charge is 2.36. The monoisotopic (exact) mass is 428 g/mol. The minimum atomic E-state index is -3.64. The number of esters is 1. The third-order valence-electron chi connectivity index (χ3n) is 5.01. The van der Waals surface area contributed by atoms with E-state index in [1.54, 1.807) is 42.5 Å². The number of fused-ring (bicyclic) bond motifs is 2. The van der Waals surface area contributed by atoms with E-state index < -0.39 is 28.0 Å². The Labute approximate surface area is 173 Å². The van der Waals surface area contributed by atoms with Gasteiger partial charge in [-0.15, -0.1) is 0 Å². The van der Waals surface area contributed by atoms with Gasteiger partial charge in [0, 0.05) is 11.6 Å². The number of anilines is 1. The number of carbonyl (C=O) groups is 2. The van der Waals surface area contributed by atoms with Crippen molar-refractivity contribution in [2.75, 3.05) is 24.2 Å². The molecule has 3 aromatic rings. The van der Waals surface area contributed by atoms with E-state index in [0.717, 1.165) is 11.8 Å². The van der Waals surface area contributed by atoms with Gasteiger partial charge in [0.2, 0.25) is 10.0 Å². The molecule has 1 atom stereocenters. The lowest BCUT2D eigenvalue weighted by molar-refractivity contribution is 0.0602. The molecule has 0 bridgehead atoms. The third-order valence-corrected chi connectivity index (χ3v) is 6.16. The first kappa shape index (κ1) is 20.0. The molecule has 0 fully saturated rings. The van der Waals surface area contributed by atoms with Gasteiger partial charge < -0.3 is 9.47 Å². The van der Waals surface area contributed by atoms with Gasteiger partial charge in [-0.25, -0.2) is 13.2 Å². The van der Waals surface area contributed by atoms with Crippen molar-refractivity contribution in [2.24, 2.45) is 0 Å². The van der Waals surface area contributed by atoms with Crippen LogP contribution in [0.5, 0.6) is 5.75 Å². The Bertz CT molecular complexity index is 1280. The number of carbonyl (C=O) groups excluding carboxylic acids is 2. The van der Waals surface area contributed by atoms with Gasteiger partial charge in [-0.05, 0) is 30.7 Å². The van der Waals surface area contributed by atoms with E-state index in [1.165, 1.54) is 22.2 Å². The van der Waals surface area contributed by atoms with Crippen molar-refractivity contribution in [1.82, 2.24) is 4.57 Å². The van der Waals surface area contributed by atoms with E-state index in [0.29, 0.717) is 22.3 Å². The number of para-hydroxylation sites is 1. The van der Waals surface area contributed by atoms with E-state index in [4.69, 9.17) is 9.47 Å². The Balaban J connectivity index is 1.79. The third kappa shape index (κ3) is 3.30. The predicted molar refractivity (Wildman–Crippen MR) is 112 cm³/mol. The number of methoxy groups -OCH3 is 1.